The summed E-state index contributed by atoms with van der Waals surface area (Å²) in [5.41, 5.74) is 4.92. The number of primary amides is 1. The molecule has 3 fully saturated rings. The second-order valence-electron chi connectivity index (χ2n) is 16.7. The van der Waals surface area contributed by atoms with Crippen molar-refractivity contribution in [3.63, 3.8) is 0 Å². The third-order valence-electron chi connectivity index (χ3n) is 11.3. The van der Waals surface area contributed by atoms with E-state index >= 15 is 0 Å². The molecule has 2 saturated carbocycles. The van der Waals surface area contributed by atoms with Gasteiger partial charge in [0.1, 0.15) is 17.8 Å². The number of carbonyl (C=O) groups is 6. The number of hydrogen-bond donors (Lipinski definition) is 3. The minimum absolute atomic E-state index is 0.0289. The van der Waals surface area contributed by atoms with Crippen molar-refractivity contribution in [1.82, 2.24) is 25.5 Å². The number of hydrogen-bond acceptors (Lipinski definition) is 10. The number of oxime groups is 1. The molecule has 294 valence electrons. The standard InChI is InChI=1S/C40H50ClN7O7/c1-39(2,3)34(46-36(52)27(24-8-5-4-6-9-24)18-32(49)30-21-43-14-15-44-30)38(54)48-22-40(19-29(47-55-40)25-10-7-11-26(41)17-25)20-31(48)37(53)45-28(16-23-12-13-23)33(50)35(42)51/h7,10-11,14-15,17,21,23-24,27-28,31,34H,4-6,8-9,12-13,16,18-20,22H2,1-3H3,(H2,42,51)(H,45,53)(H,46,52)/t27-,28-,31-,34+,40+/m0/s1. The normalized spacial score (nSPS) is 22.9. The predicted molar refractivity (Wildman–Crippen MR) is 202 cm³/mol. The minimum Gasteiger partial charge on any atom is -0.387 e. The highest BCUT2D eigenvalue weighted by molar-refractivity contribution is 6.38. The van der Waals surface area contributed by atoms with Gasteiger partial charge in [-0.05, 0) is 48.6 Å². The molecule has 4 N–H and O–H groups in total. The summed E-state index contributed by atoms with van der Waals surface area (Å²) < 4.78 is 0. The highest BCUT2D eigenvalue weighted by Gasteiger charge is 2.56. The summed E-state index contributed by atoms with van der Waals surface area (Å²) in [5.74, 6) is -4.57. The topological polar surface area (TPSA) is 203 Å². The minimum atomic E-state index is -1.15. The first-order valence-electron chi connectivity index (χ1n) is 19.2. The van der Waals surface area contributed by atoms with E-state index in [9.17, 15) is 28.8 Å². The van der Waals surface area contributed by atoms with Crippen LogP contribution in [0.2, 0.25) is 5.02 Å². The van der Waals surface area contributed by atoms with Gasteiger partial charge in [0.15, 0.2) is 11.4 Å². The van der Waals surface area contributed by atoms with Crippen LogP contribution in [-0.2, 0) is 28.8 Å². The quantitative estimate of drug-likeness (QED) is 0.188. The van der Waals surface area contributed by atoms with Crippen molar-refractivity contribution in [3.8, 4) is 0 Å². The van der Waals surface area contributed by atoms with Crippen molar-refractivity contribution in [2.24, 2.45) is 34.1 Å². The lowest BCUT2D eigenvalue weighted by Crippen LogP contribution is -2.60. The number of ketones is 2. The Bertz CT molecular complexity index is 1840. The molecule has 2 aliphatic heterocycles. The number of Topliss-reactive ketones (excluding diaryl/α,β-unsaturated/α-hetero) is 2. The fourth-order valence-corrected chi connectivity index (χ4v) is 8.32. The first-order valence-corrected chi connectivity index (χ1v) is 19.6. The molecule has 1 aromatic heterocycles. The molecule has 3 heterocycles. The van der Waals surface area contributed by atoms with Crippen molar-refractivity contribution in [1.29, 1.82) is 0 Å². The summed E-state index contributed by atoms with van der Waals surface area (Å²) >= 11 is 6.27. The van der Waals surface area contributed by atoms with Gasteiger partial charge in [-0.2, -0.15) is 0 Å². The van der Waals surface area contributed by atoms with Crippen LogP contribution in [0.15, 0.2) is 48.0 Å². The molecular weight excluding hydrogens is 726 g/mol. The molecule has 55 heavy (non-hydrogen) atoms. The Hall–Kier alpha value is -4.72. The maximum absolute atomic E-state index is 14.9. The molecule has 2 aromatic rings. The fraction of sp³-hybridized carbons (Fsp3) is 0.575. The van der Waals surface area contributed by atoms with Crippen molar-refractivity contribution < 1.29 is 33.6 Å². The summed E-state index contributed by atoms with van der Waals surface area (Å²) in [4.78, 5) is 97.4. The van der Waals surface area contributed by atoms with Crippen LogP contribution in [0.1, 0.15) is 107 Å². The molecule has 1 spiro atoms. The van der Waals surface area contributed by atoms with Gasteiger partial charge in [-0.3, -0.25) is 33.8 Å². The number of benzene rings is 1. The van der Waals surface area contributed by atoms with Gasteiger partial charge in [0.05, 0.1) is 24.5 Å². The maximum atomic E-state index is 14.9. The van der Waals surface area contributed by atoms with Gasteiger partial charge < -0.3 is 26.1 Å². The van der Waals surface area contributed by atoms with Crippen LogP contribution < -0.4 is 16.4 Å². The Morgan fingerprint density at radius 1 is 1.04 bits per heavy atom. The highest BCUT2D eigenvalue weighted by Crippen LogP contribution is 2.41. The molecule has 2 aliphatic carbocycles. The molecule has 6 rings (SSSR count). The second-order valence-corrected chi connectivity index (χ2v) is 17.1. The van der Waals surface area contributed by atoms with Crippen molar-refractivity contribution in [2.75, 3.05) is 6.54 Å². The zero-order valence-electron chi connectivity index (χ0n) is 31.6. The van der Waals surface area contributed by atoms with E-state index < -0.39 is 64.5 Å². The van der Waals surface area contributed by atoms with Crippen molar-refractivity contribution in [3.05, 3.63) is 59.1 Å². The number of halogens is 1. The Balaban J connectivity index is 1.28. The van der Waals surface area contributed by atoms with E-state index in [0.717, 1.165) is 50.5 Å². The van der Waals surface area contributed by atoms with E-state index in [1.165, 1.54) is 23.5 Å². The largest absolute Gasteiger partial charge is 0.387 e. The SMILES string of the molecule is CC(C)(C)[C@H](NC(=O)[C@@H](CC(=O)c1cnccn1)C1CCCCC1)C(=O)N1C[C@@]2(CC(c3cccc(Cl)c3)=NO2)C[C@H]1C(=O)N[C@@H](CC1CC1)C(=O)C(N)=O. The number of nitrogens with two attached hydrogens (primary N) is 1. The number of aromatic nitrogens is 2. The summed E-state index contributed by atoms with van der Waals surface area (Å²) in [5, 5.41) is 10.6. The van der Waals surface area contributed by atoms with Crippen LogP contribution in [0, 0.1) is 23.2 Å². The number of carbonyl (C=O) groups excluding carboxylic acids is 6. The Kier molecular flexibility index (Phi) is 12.0. The van der Waals surface area contributed by atoms with E-state index in [-0.39, 0.29) is 55.5 Å². The Morgan fingerprint density at radius 3 is 2.42 bits per heavy atom. The molecule has 14 nitrogen and oxygen atoms in total. The zero-order chi connectivity index (χ0) is 39.5. The average molecular weight is 776 g/mol. The molecule has 15 heteroatoms. The molecular formula is C40H50ClN7O7. The highest BCUT2D eigenvalue weighted by atomic mass is 35.5. The predicted octanol–water partition coefficient (Wildman–Crippen LogP) is 3.93. The van der Waals surface area contributed by atoms with E-state index in [0.29, 0.717) is 10.7 Å². The Labute approximate surface area is 325 Å². The van der Waals surface area contributed by atoms with E-state index in [1.807, 2.05) is 26.8 Å². The van der Waals surface area contributed by atoms with Crippen LogP contribution in [0.5, 0.6) is 0 Å². The summed E-state index contributed by atoms with van der Waals surface area (Å²) in [6.45, 7) is 5.41. The van der Waals surface area contributed by atoms with Crippen molar-refractivity contribution >= 4 is 52.5 Å². The van der Waals surface area contributed by atoms with Gasteiger partial charge in [-0.15, -0.1) is 0 Å². The van der Waals surface area contributed by atoms with Crippen LogP contribution in [-0.4, -0.2) is 86.0 Å². The fourth-order valence-electron chi connectivity index (χ4n) is 8.13. The maximum Gasteiger partial charge on any atom is 0.287 e. The number of rotatable bonds is 14. The van der Waals surface area contributed by atoms with E-state index in [2.05, 4.69) is 25.8 Å². The first-order chi connectivity index (χ1) is 26.1. The number of nitrogens with one attached hydrogen (secondary N) is 2. The molecule has 4 amide bonds. The van der Waals surface area contributed by atoms with Crippen LogP contribution >= 0.6 is 11.6 Å². The molecule has 1 saturated heterocycles. The molecule has 0 radical (unpaired) electrons. The lowest BCUT2D eigenvalue weighted by molar-refractivity contribution is -0.146. The molecule has 0 bridgehead atoms. The molecule has 1 aromatic carbocycles. The van der Waals surface area contributed by atoms with E-state index in [1.54, 1.807) is 18.2 Å². The lowest BCUT2D eigenvalue weighted by atomic mass is 9.76. The van der Waals surface area contributed by atoms with Gasteiger partial charge in [-0.25, -0.2) is 4.98 Å². The zero-order valence-corrected chi connectivity index (χ0v) is 32.3. The molecule has 0 unspecified atom stereocenters. The molecule has 4 aliphatic rings. The monoisotopic (exact) mass is 775 g/mol. The third-order valence-corrected chi connectivity index (χ3v) is 11.6. The smallest absolute Gasteiger partial charge is 0.287 e. The van der Waals surface area contributed by atoms with Crippen LogP contribution in [0.4, 0.5) is 0 Å². The summed E-state index contributed by atoms with van der Waals surface area (Å²) in [6, 6.07) is 3.73. The second kappa shape index (κ2) is 16.6. The number of amides is 4. The average Bonchev–Trinajstić information content (AvgIpc) is 3.76. The summed E-state index contributed by atoms with van der Waals surface area (Å²) in [6.07, 6.45) is 10.9. The van der Waals surface area contributed by atoms with Gasteiger partial charge in [0, 0.05) is 48.2 Å². The summed E-state index contributed by atoms with van der Waals surface area (Å²) in [7, 11) is 0. The van der Waals surface area contributed by atoms with Gasteiger partial charge >= 0.3 is 0 Å². The van der Waals surface area contributed by atoms with Crippen molar-refractivity contribution in [2.45, 2.75) is 115 Å². The lowest BCUT2D eigenvalue weighted by Gasteiger charge is -2.37. The van der Waals surface area contributed by atoms with Crippen LogP contribution in [0.25, 0.3) is 0 Å². The number of nitrogens with zero attached hydrogens (tertiary/aromatic N) is 4. The van der Waals surface area contributed by atoms with Gasteiger partial charge in [0.2, 0.25) is 23.5 Å². The van der Waals surface area contributed by atoms with E-state index in [4.69, 9.17) is 22.2 Å². The first kappa shape index (κ1) is 40.0. The van der Waals surface area contributed by atoms with Gasteiger partial charge in [-0.1, -0.05) is 81.8 Å². The van der Waals surface area contributed by atoms with Gasteiger partial charge in [0.25, 0.3) is 5.91 Å². The Morgan fingerprint density at radius 2 is 1.78 bits per heavy atom. The number of likely N-dealkylation sites (tertiary alicyclic amines) is 1. The molecule has 5 atom stereocenters. The van der Waals surface area contributed by atoms with Crippen LogP contribution in [0.3, 0.4) is 0 Å². The third kappa shape index (κ3) is 9.57.